The molecule has 0 saturated carbocycles. The predicted molar refractivity (Wildman–Crippen MR) is 89.3 cm³/mol. The van der Waals surface area contributed by atoms with Gasteiger partial charge in [-0.3, -0.25) is 4.79 Å². The summed E-state index contributed by atoms with van der Waals surface area (Å²) in [5.74, 6) is 0.623. The highest BCUT2D eigenvalue weighted by atomic mass is 35.5. The Bertz CT molecular complexity index is 855. The van der Waals surface area contributed by atoms with E-state index in [0.717, 1.165) is 16.5 Å². The van der Waals surface area contributed by atoms with Gasteiger partial charge < -0.3 is 9.72 Å². The highest BCUT2D eigenvalue weighted by Gasteiger charge is 2.15. The average Bonchev–Trinajstić information content (AvgIpc) is 2.91. The second kappa shape index (κ2) is 6.03. The van der Waals surface area contributed by atoms with Crippen LogP contribution < -0.4 is 4.74 Å². The summed E-state index contributed by atoms with van der Waals surface area (Å²) in [6, 6.07) is 10.7. The number of aromatic nitrogens is 1. The van der Waals surface area contributed by atoms with Crippen LogP contribution in [0.3, 0.4) is 0 Å². The summed E-state index contributed by atoms with van der Waals surface area (Å²) in [4.78, 5) is 15.7. The van der Waals surface area contributed by atoms with Crippen LogP contribution >= 0.6 is 23.2 Å². The molecule has 22 heavy (non-hydrogen) atoms. The molecule has 0 radical (unpaired) electrons. The molecule has 1 aromatic heterocycles. The quantitative estimate of drug-likeness (QED) is 0.689. The molecule has 112 valence electrons. The SMILES string of the molecule is COc1cc(Cl)ccc1CC(=O)c1c[nH]c2cc(Cl)ccc12. The Labute approximate surface area is 137 Å². The molecule has 0 spiro atoms. The van der Waals surface area contributed by atoms with E-state index in [1.165, 1.54) is 0 Å². The molecule has 0 aliphatic heterocycles. The van der Waals surface area contributed by atoms with E-state index in [-0.39, 0.29) is 12.2 Å². The Morgan fingerprint density at radius 2 is 1.86 bits per heavy atom. The standard InChI is InChI=1S/C17H13Cl2NO2/c1-22-17-8-12(19)3-2-10(17)6-16(21)14-9-20-15-7-11(18)4-5-13(14)15/h2-5,7-9,20H,6H2,1H3. The number of halogens is 2. The van der Waals surface area contributed by atoms with Crippen molar-refractivity contribution in [3.8, 4) is 5.75 Å². The zero-order chi connectivity index (χ0) is 15.7. The van der Waals surface area contributed by atoms with Crippen molar-refractivity contribution in [1.29, 1.82) is 0 Å². The fourth-order valence-corrected chi connectivity index (χ4v) is 2.80. The average molecular weight is 334 g/mol. The Morgan fingerprint density at radius 1 is 1.14 bits per heavy atom. The number of ketones is 1. The van der Waals surface area contributed by atoms with Gasteiger partial charge in [-0.25, -0.2) is 0 Å². The Balaban J connectivity index is 1.94. The first-order valence-electron chi connectivity index (χ1n) is 6.70. The molecule has 0 aliphatic carbocycles. The fourth-order valence-electron chi connectivity index (χ4n) is 2.46. The normalized spacial score (nSPS) is 10.9. The number of ether oxygens (including phenoxy) is 1. The van der Waals surface area contributed by atoms with Crippen molar-refractivity contribution in [3.05, 3.63) is 63.8 Å². The van der Waals surface area contributed by atoms with E-state index in [1.54, 1.807) is 37.6 Å². The van der Waals surface area contributed by atoms with Gasteiger partial charge in [-0.2, -0.15) is 0 Å². The number of benzene rings is 2. The number of carbonyl (C=O) groups is 1. The van der Waals surface area contributed by atoms with Crippen LogP contribution in [-0.2, 0) is 6.42 Å². The minimum atomic E-state index is 0.00851. The molecule has 2 aromatic carbocycles. The molecule has 5 heteroatoms. The van der Waals surface area contributed by atoms with Gasteiger partial charge in [0.05, 0.1) is 7.11 Å². The number of rotatable bonds is 4. The molecule has 3 aromatic rings. The summed E-state index contributed by atoms with van der Waals surface area (Å²) in [7, 11) is 1.56. The minimum absolute atomic E-state index is 0.00851. The lowest BCUT2D eigenvalue weighted by Gasteiger charge is -2.08. The Kier molecular flexibility index (Phi) is 4.10. The van der Waals surface area contributed by atoms with Gasteiger partial charge in [-0.05, 0) is 24.3 Å². The second-order valence-electron chi connectivity index (χ2n) is 4.95. The van der Waals surface area contributed by atoms with Crippen LogP contribution in [0, 0.1) is 0 Å². The number of aromatic amines is 1. The van der Waals surface area contributed by atoms with Gasteiger partial charge in [-0.1, -0.05) is 35.3 Å². The van der Waals surface area contributed by atoms with Gasteiger partial charge >= 0.3 is 0 Å². The lowest BCUT2D eigenvalue weighted by molar-refractivity contribution is 0.0993. The van der Waals surface area contributed by atoms with Crippen molar-refractivity contribution in [1.82, 2.24) is 4.98 Å². The van der Waals surface area contributed by atoms with Gasteiger partial charge in [0.25, 0.3) is 0 Å². The van der Waals surface area contributed by atoms with Crippen LogP contribution in [0.2, 0.25) is 10.0 Å². The molecule has 0 atom stereocenters. The maximum Gasteiger partial charge on any atom is 0.169 e. The fraction of sp³-hybridized carbons (Fsp3) is 0.118. The van der Waals surface area contributed by atoms with Crippen molar-refractivity contribution < 1.29 is 9.53 Å². The molecule has 0 saturated heterocycles. The summed E-state index contributed by atoms with van der Waals surface area (Å²) >= 11 is 11.9. The van der Waals surface area contributed by atoms with Crippen molar-refractivity contribution in [3.63, 3.8) is 0 Å². The van der Waals surface area contributed by atoms with Crippen LogP contribution in [0.1, 0.15) is 15.9 Å². The molecule has 0 aliphatic rings. The van der Waals surface area contributed by atoms with Crippen LogP contribution in [0.25, 0.3) is 10.9 Å². The van der Waals surface area contributed by atoms with Crippen molar-refractivity contribution in [2.75, 3.05) is 7.11 Å². The number of Topliss-reactive ketones (excluding diaryl/α,β-unsaturated/α-hetero) is 1. The molecular formula is C17H13Cl2NO2. The molecule has 3 rings (SSSR count). The maximum atomic E-state index is 12.6. The number of carbonyl (C=O) groups excluding carboxylic acids is 1. The smallest absolute Gasteiger partial charge is 0.169 e. The number of fused-ring (bicyclic) bond motifs is 1. The van der Waals surface area contributed by atoms with E-state index in [9.17, 15) is 4.79 Å². The van der Waals surface area contributed by atoms with E-state index >= 15 is 0 Å². The third-order valence-electron chi connectivity index (χ3n) is 3.54. The van der Waals surface area contributed by atoms with E-state index in [2.05, 4.69) is 4.98 Å². The molecule has 0 amide bonds. The van der Waals surface area contributed by atoms with E-state index in [4.69, 9.17) is 27.9 Å². The van der Waals surface area contributed by atoms with E-state index in [1.807, 2.05) is 12.1 Å². The zero-order valence-electron chi connectivity index (χ0n) is 11.8. The zero-order valence-corrected chi connectivity index (χ0v) is 13.3. The number of hydrogen-bond donors (Lipinski definition) is 1. The summed E-state index contributed by atoms with van der Waals surface area (Å²) in [5.41, 5.74) is 2.29. The Hall–Kier alpha value is -1.97. The largest absolute Gasteiger partial charge is 0.496 e. The van der Waals surface area contributed by atoms with Crippen LogP contribution in [0.15, 0.2) is 42.6 Å². The molecule has 3 nitrogen and oxygen atoms in total. The summed E-state index contributed by atoms with van der Waals surface area (Å²) < 4.78 is 5.29. The van der Waals surface area contributed by atoms with Crippen LogP contribution in [-0.4, -0.2) is 17.9 Å². The highest BCUT2D eigenvalue weighted by molar-refractivity contribution is 6.31. The Morgan fingerprint density at radius 3 is 2.64 bits per heavy atom. The van der Waals surface area contributed by atoms with Crippen molar-refractivity contribution in [2.45, 2.75) is 6.42 Å². The molecule has 1 N–H and O–H groups in total. The third kappa shape index (κ3) is 2.82. The minimum Gasteiger partial charge on any atom is -0.496 e. The van der Waals surface area contributed by atoms with Gasteiger partial charge in [0.15, 0.2) is 5.78 Å². The number of H-pyrrole nitrogens is 1. The van der Waals surface area contributed by atoms with Crippen molar-refractivity contribution >= 4 is 39.9 Å². The third-order valence-corrected chi connectivity index (χ3v) is 4.01. The number of hydrogen-bond acceptors (Lipinski definition) is 2. The first-order chi connectivity index (χ1) is 10.6. The first-order valence-corrected chi connectivity index (χ1v) is 7.46. The van der Waals surface area contributed by atoms with E-state index in [0.29, 0.717) is 21.4 Å². The van der Waals surface area contributed by atoms with Gasteiger partial charge in [-0.15, -0.1) is 0 Å². The van der Waals surface area contributed by atoms with Gasteiger partial charge in [0, 0.05) is 44.7 Å². The van der Waals surface area contributed by atoms with Crippen molar-refractivity contribution in [2.24, 2.45) is 0 Å². The lowest BCUT2D eigenvalue weighted by atomic mass is 10.0. The topological polar surface area (TPSA) is 42.1 Å². The maximum absolute atomic E-state index is 12.6. The molecule has 1 heterocycles. The molecule has 0 unspecified atom stereocenters. The van der Waals surface area contributed by atoms with Gasteiger partial charge in [0.1, 0.15) is 5.75 Å². The summed E-state index contributed by atoms with van der Waals surface area (Å²) in [6.45, 7) is 0. The van der Waals surface area contributed by atoms with Crippen LogP contribution in [0.4, 0.5) is 0 Å². The molecule has 0 fully saturated rings. The monoisotopic (exact) mass is 333 g/mol. The number of methoxy groups -OCH3 is 1. The van der Waals surface area contributed by atoms with Gasteiger partial charge in [0.2, 0.25) is 0 Å². The van der Waals surface area contributed by atoms with E-state index < -0.39 is 0 Å². The first kappa shape index (κ1) is 14.9. The number of nitrogens with one attached hydrogen (secondary N) is 1. The summed E-state index contributed by atoms with van der Waals surface area (Å²) in [6.07, 6.45) is 1.96. The highest BCUT2D eigenvalue weighted by Crippen LogP contribution is 2.27. The lowest BCUT2D eigenvalue weighted by Crippen LogP contribution is -2.04. The summed E-state index contributed by atoms with van der Waals surface area (Å²) in [5, 5.41) is 2.07. The predicted octanol–water partition coefficient (Wildman–Crippen LogP) is 4.91. The van der Waals surface area contributed by atoms with Crippen LogP contribution in [0.5, 0.6) is 5.75 Å². The second-order valence-corrected chi connectivity index (χ2v) is 5.82. The molecular weight excluding hydrogens is 321 g/mol. The molecule has 0 bridgehead atoms.